The van der Waals surface area contributed by atoms with Gasteiger partial charge in [0.05, 0.1) is 0 Å². The molecule has 2 N–H and O–H groups in total. The van der Waals surface area contributed by atoms with Gasteiger partial charge in [-0.15, -0.1) is 11.3 Å². The summed E-state index contributed by atoms with van der Waals surface area (Å²) < 4.78 is 0. The molecule has 0 bridgehead atoms. The van der Waals surface area contributed by atoms with Crippen molar-refractivity contribution in [2.75, 3.05) is 0 Å². The third-order valence-electron chi connectivity index (χ3n) is 2.89. The van der Waals surface area contributed by atoms with Gasteiger partial charge in [-0.2, -0.15) is 0 Å². The molecule has 0 radical (unpaired) electrons. The van der Waals surface area contributed by atoms with Crippen LogP contribution in [0.2, 0.25) is 0 Å². The monoisotopic (exact) mass is 257 g/mol. The molecule has 2 aromatic heterocycles. The predicted molar refractivity (Wildman–Crippen MR) is 75.7 cm³/mol. The van der Waals surface area contributed by atoms with Crippen LogP contribution >= 0.6 is 11.3 Å². The van der Waals surface area contributed by atoms with Crippen molar-refractivity contribution in [3.05, 3.63) is 52.1 Å². The zero-order chi connectivity index (χ0) is 12.4. The zero-order valence-electron chi connectivity index (χ0n) is 10.2. The van der Waals surface area contributed by atoms with Gasteiger partial charge >= 0.3 is 0 Å². The average Bonchev–Trinajstić information content (AvgIpc) is 2.97. The average molecular weight is 257 g/mol. The Balaban J connectivity index is 1.62. The van der Waals surface area contributed by atoms with Gasteiger partial charge in [0, 0.05) is 35.9 Å². The molecule has 0 aliphatic carbocycles. The number of H-pyrrole nitrogens is 1. The highest BCUT2D eigenvalue weighted by Crippen LogP contribution is 2.15. The SMILES string of the molecule is Cc1cnc(CNCc2ccc3[nH]ccc3c2)s1. The van der Waals surface area contributed by atoms with Crippen molar-refractivity contribution >= 4 is 22.2 Å². The number of hydrogen-bond acceptors (Lipinski definition) is 3. The second-order valence-electron chi connectivity index (χ2n) is 4.37. The van der Waals surface area contributed by atoms with Crippen LogP contribution in [0.4, 0.5) is 0 Å². The van der Waals surface area contributed by atoms with Crippen LogP contribution in [0.25, 0.3) is 10.9 Å². The normalized spacial score (nSPS) is 11.2. The Hall–Kier alpha value is -1.65. The summed E-state index contributed by atoms with van der Waals surface area (Å²) in [5.74, 6) is 0. The number of fused-ring (bicyclic) bond motifs is 1. The van der Waals surface area contributed by atoms with Crippen LogP contribution in [-0.2, 0) is 13.1 Å². The van der Waals surface area contributed by atoms with E-state index < -0.39 is 0 Å². The first kappa shape index (κ1) is 11.4. The van der Waals surface area contributed by atoms with Crippen molar-refractivity contribution in [1.29, 1.82) is 0 Å². The Morgan fingerprint density at radius 3 is 3.06 bits per heavy atom. The molecule has 0 fully saturated rings. The van der Waals surface area contributed by atoms with Crippen LogP contribution in [-0.4, -0.2) is 9.97 Å². The first-order valence-electron chi connectivity index (χ1n) is 5.99. The van der Waals surface area contributed by atoms with E-state index >= 15 is 0 Å². The minimum atomic E-state index is 0.837. The summed E-state index contributed by atoms with van der Waals surface area (Å²) in [5.41, 5.74) is 2.49. The molecule has 0 aliphatic heterocycles. The fraction of sp³-hybridized carbons (Fsp3) is 0.214. The standard InChI is InChI=1S/C14H15N3S/c1-10-7-17-14(18-10)9-15-8-11-2-3-13-12(6-11)4-5-16-13/h2-7,15-16H,8-9H2,1H3. The van der Waals surface area contributed by atoms with E-state index in [1.165, 1.54) is 21.3 Å². The van der Waals surface area contributed by atoms with Gasteiger partial charge in [0.15, 0.2) is 0 Å². The molecule has 0 aliphatic rings. The highest BCUT2D eigenvalue weighted by molar-refractivity contribution is 7.11. The molecule has 3 nitrogen and oxygen atoms in total. The molecule has 0 saturated carbocycles. The van der Waals surface area contributed by atoms with E-state index in [1.54, 1.807) is 11.3 Å². The summed E-state index contributed by atoms with van der Waals surface area (Å²) in [5, 5.41) is 5.84. The third-order valence-corrected chi connectivity index (χ3v) is 3.80. The molecule has 4 heteroatoms. The first-order chi connectivity index (χ1) is 8.81. The maximum atomic E-state index is 4.34. The van der Waals surface area contributed by atoms with Gasteiger partial charge in [0.2, 0.25) is 0 Å². The largest absolute Gasteiger partial charge is 0.361 e. The lowest BCUT2D eigenvalue weighted by atomic mass is 10.1. The van der Waals surface area contributed by atoms with Gasteiger partial charge in [0.25, 0.3) is 0 Å². The van der Waals surface area contributed by atoms with E-state index in [4.69, 9.17) is 0 Å². The third kappa shape index (κ3) is 2.44. The van der Waals surface area contributed by atoms with Crippen molar-refractivity contribution in [2.24, 2.45) is 0 Å². The van der Waals surface area contributed by atoms with Crippen LogP contribution < -0.4 is 5.32 Å². The lowest BCUT2D eigenvalue weighted by Crippen LogP contribution is -2.12. The number of nitrogens with one attached hydrogen (secondary N) is 2. The molecule has 1 aromatic carbocycles. The molecule has 2 heterocycles. The predicted octanol–water partition coefficient (Wildman–Crippen LogP) is 3.22. The lowest BCUT2D eigenvalue weighted by molar-refractivity contribution is 0.690. The first-order valence-corrected chi connectivity index (χ1v) is 6.81. The Kier molecular flexibility index (Phi) is 3.13. The van der Waals surface area contributed by atoms with E-state index in [0.29, 0.717) is 0 Å². The Morgan fingerprint density at radius 2 is 2.22 bits per heavy atom. The van der Waals surface area contributed by atoms with E-state index in [9.17, 15) is 0 Å². The van der Waals surface area contributed by atoms with Crippen LogP contribution in [0.15, 0.2) is 36.7 Å². The van der Waals surface area contributed by atoms with E-state index in [0.717, 1.165) is 18.1 Å². The fourth-order valence-corrected chi connectivity index (χ4v) is 2.77. The molecule has 0 saturated heterocycles. The highest BCUT2D eigenvalue weighted by atomic mass is 32.1. The molecule has 18 heavy (non-hydrogen) atoms. The van der Waals surface area contributed by atoms with E-state index in [2.05, 4.69) is 46.5 Å². The molecule has 92 valence electrons. The lowest BCUT2D eigenvalue weighted by Gasteiger charge is -2.03. The summed E-state index contributed by atoms with van der Waals surface area (Å²) in [6.07, 6.45) is 3.90. The van der Waals surface area contributed by atoms with E-state index in [-0.39, 0.29) is 0 Å². The molecule has 0 unspecified atom stereocenters. The van der Waals surface area contributed by atoms with Crippen molar-refractivity contribution in [3.63, 3.8) is 0 Å². The molecule has 0 amide bonds. The van der Waals surface area contributed by atoms with Crippen molar-refractivity contribution in [1.82, 2.24) is 15.3 Å². The van der Waals surface area contributed by atoms with Gasteiger partial charge in [0.1, 0.15) is 5.01 Å². The van der Waals surface area contributed by atoms with E-state index in [1.807, 2.05) is 12.4 Å². The highest BCUT2D eigenvalue weighted by Gasteiger charge is 2.00. The van der Waals surface area contributed by atoms with Crippen LogP contribution in [0.5, 0.6) is 0 Å². The van der Waals surface area contributed by atoms with Gasteiger partial charge < -0.3 is 10.3 Å². The smallest absolute Gasteiger partial charge is 0.107 e. The number of aromatic amines is 1. The van der Waals surface area contributed by atoms with Gasteiger partial charge in [-0.25, -0.2) is 4.98 Å². The second-order valence-corrected chi connectivity index (χ2v) is 5.69. The topological polar surface area (TPSA) is 40.7 Å². The van der Waals surface area contributed by atoms with Crippen LogP contribution in [0.3, 0.4) is 0 Å². The van der Waals surface area contributed by atoms with Crippen molar-refractivity contribution in [3.8, 4) is 0 Å². The van der Waals surface area contributed by atoms with Gasteiger partial charge in [-0.05, 0) is 36.1 Å². The fourth-order valence-electron chi connectivity index (χ4n) is 2.01. The molecule has 0 spiro atoms. The summed E-state index contributed by atoms with van der Waals surface area (Å²) in [7, 11) is 0. The number of thiazole rings is 1. The number of aryl methyl sites for hydroxylation is 1. The van der Waals surface area contributed by atoms with Crippen LogP contribution in [0.1, 0.15) is 15.4 Å². The van der Waals surface area contributed by atoms with Gasteiger partial charge in [-0.3, -0.25) is 0 Å². The maximum Gasteiger partial charge on any atom is 0.107 e. The second kappa shape index (κ2) is 4.92. The zero-order valence-corrected chi connectivity index (χ0v) is 11.1. The Morgan fingerprint density at radius 1 is 1.28 bits per heavy atom. The van der Waals surface area contributed by atoms with Gasteiger partial charge in [-0.1, -0.05) is 6.07 Å². The number of aromatic nitrogens is 2. The minimum Gasteiger partial charge on any atom is -0.361 e. The number of benzene rings is 1. The molecular formula is C14H15N3S. The number of nitrogens with zero attached hydrogens (tertiary/aromatic N) is 1. The minimum absolute atomic E-state index is 0.837. The quantitative estimate of drug-likeness (QED) is 0.753. The number of hydrogen-bond donors (Lipinski definition) is 2. The molecule has 0 atom stereocenters. The molecule has 3 aromatic rings. The molecule has 3 rings (SSSR count). The van der Waals surface area contributed by atoms with Crippen molar-refractivity contribution in [2.45, 2.75) is 20.0 Å². The maximum absolute atomic E-state index is 4.34. The van der Waals surface area contributed by atoms with Crippen molar-refractivity contribution < 1.29 is 0 Å². The summed E-state index contributed by atoms with van der Waals surface area (Å²) in [6, 6.07) is 8.59. The summed E-state index contributed by atoms with van der Waals surface area (Å²) in [4.78, 5) is 8.81. The Labute approximate surface area is 110 Å². The summed E-state index contributed by atoms with van der Waals surface area (Å²) in [6.45, 7) is 3.80. The molecular weight excluding hydrogens is 242 g/mol. The summed E-state index contributed by atoms with van der Waals surface area (Å²) >= 11 is 1.75. The van der Waals surface area contributed by atoms with Crippen LogP contribution in [0, 0.1) is 6.92 Å². The number of rotatable bonds is 4. The Bertz CT molecular complexity index is 654.